The molecular weight excluding hydrogens is 276 g/mol. The molecule has 1 unspecified atom stereocenters. The number of aromatic nitrogens is 2. The van der Waals surface area contributed by atoms with Crippen LogP contribution in [0.2, 0.25) is 0 Å². The van der Waals surface area contributed by atoms with Gasteiger partial charge in [0.25, 0.3) is 0 Å². The molecule has 0 amide bonds. The summed E-state index contributed by atoms with van der Waals surface area (Å²) < 4.78 is 1.05. The minimum atomic E-state index is 0.261. The lowest BCUT2D eigenvalue weighted by molar-refractivity contribution is 0.292. The number of nitrogens with one attached hydrogen (secondary N) is 1. The summed E-state index contributed by atoms with van der Waals surface area (Å²) in [7, 11) is 3.99. The van der Waals surface area contributed by atoms with E-state index in [-0.39, 0.29) is 5.41 Å². The third-order valence-electron chi connectivity index (χ3n) is 2.84. The van der Waals surface area contributed by atoms with Crippen molar-refractivity contribution >= 4 is 28.2 Å². The summed E-state index contributed by atoms with van der Waals surface area (Å²) in [4.78, 5) is 2.00. The molecule has 1 heterocycles. The van der Waals surface area contributed by atoms with Crippen LogP contribution in [0.25, 0.3) is 0 Å². The zero-order chi connectivity index (χ0) is 14.5. The maximum Gasteiger partial charge on any atom is 0.208 e. The van der Waals surface area contributed by atoms with Crippen LogP contribution in [0.5, 0.6) is 0 Å². The highest BCUT2D eigenvalue weighted by Gasteiger charge is 2.24. The molecule has 0 fully saturated rings. The lowest BCUT2D eigenvalue weighted by Gasteiger charge is -2.31. The van der Waals surface area contributed by atoms with Crippen LogP contribution in [0.15, 0.2) is 4.34 Å². The Balaban J connectivity index is 2.55. The average Bonchev–Trinajstić information content (AvgIpc) is 2.76. The topological polar surface area (TPSA) is 41.1 Å². The first-order chi connectivity index (χ1) is 8.84. The highest BCUT2D eigenvalue weighted by Crippen LogP contribution is 2.30. The second-order valence-corrected chi connectivity index (χ2v) is 8.15. The summed E-state index contributed by atoms with van der Waals surface area (Å²) in [5.74, 6) is 1.03. The third kappa shape index (κ3) is 5.67. The number of rotatable bonds is 7. The molecule has 0 saturated carbocycles. The minimum absolute atomic E-state index is 0.261. The Morgan fingerprint density at radius 3 is 2.47 bits per heavy atom. The van der Waals surface area contributed by atoms with E-state index in [1.165, 1.54) is 6.42 Å². The van der Waals surface area contributed by atoms with Gasteiger partial charge in [-0.2, -0.15) is 0 Å². The normalized spacial score (nSPS) is 13.6. The molecule has 1 N–H and O–H groups in total. The fourth-order valence-electron chi connectivity index (χ4n) is 1.53. The van der Waals surface area contributed by atoms with Gasteiger partial charge in [-0.05, 0) is 18.4 Å². The van der Waals surface area contributed by atoms with Gasteiger partial charge in [-0.3, -0.25) is 0 Å². The number of anilines is 1. The van der Waals surface area contributed by atoms with E-state index >= 15 is 0 Å². The molecule has 1 aromatic heterocycles. The molecule has 1 atom stereocenters. The predicted molar refractivity (Wildman–Crippen MR) is 86.5 cm³/mol. The van der Waals surface area contributed by atoms with Crippen LogP contribution in [0.3, 0.4) is 0 Å². The van der Waals surface area contributed by atoms with Crippen LogP contribution in [0.4, 0.5) is 5.13 Å². The SMILES string of the molecule is CCCNC(CSc1nnc(N(C)C)s1)C(C)(C)C. The first kappa shape index (κ1) is 16.7. The first-order valence-corrected chi connectivity index (χ1v) is 8.51. The number of hydrogen-bond donors (Lipinski definition) is 1. The summed E-state index contributed by atoms with van der Waals surface area (Å²) in [6.45, 7) is 10.1. The third-order valence-corrected chi connectivity index (χ3v) is 5.16. The largest absolute Gasteiger partial charge is 0.353 e. The molecule has 19 heavy (non-hydrogen) atoms. The van der Waals surface area contributed by atoms with Gasteiger partial charge in [0.1, 0.15) is 0 Å². The highest BCUT2D eigenvalue weighted by atomic mass is 32.2. The van der Waals surface area contributed by atoms with Crippen LogP contribution in [0.1, 0.15) is 34.1 Å². The van der Waals surface area contributed by atoms with E-state index in [4.69, 9.17) is 0 Å². The van der Waals surface area contributed by atoms with Gasteiger partial charge in [0.2, 0.25) is 5.13 Å². The van der Waals surface area contributed by atoms with E-state index in [0.29, 0.717) is 6.04 Å². The molecule has 1 rings (SSSR count). The van der Waals surface area contributed by atoms with Crippen LogP contribution in [0, 0.1) is 5.41 Å². The lowest BCUT2D eigenvalue weighted by Crippen LogP contribution is -2.42. The van der Waals surface area contributed by atoms with Crippen molar-refractivity contribution in [2.24, 2.45) is 5.41 Å². The highest BCUT2D eigenvalue weighted by molar-refractivity contribution is 8.01. The van der Waals surface area contributed by atoms with Crippen molar-refractivity contribution in [1.82, 2.24) is 15.5 Å². The standard InChI is InChI=1S/C13H26N4S2/c1-7-8-14-10(13(2,3)4)9-18-12-16-15-11(19-12)17(5)6/h10,14H,7-9H2,1-6H3. The van der Waals surface area contributed by atoms with E-state index in [0.717, 1.165) is 21.8 Å². The van der Waals surface area contributed by atoms with E-state index in [2.05, 4.69) is 43.2 Å². The van der Waals surface area contributed by atoms with Crippen molar-refractivity contribution in [1.29, 1.82) is 0 Å². The van der Waals surface area contributed by atoms with Gasteiger partial charge in [-0.1, -0.05) is 50.8 Å². The second-order valence-electron chi connectivity index (χ2n) is 5.93. The summed E-state index contributed by atoms with van der Waals surface area (Å²) >= 11 is 3.46. The van der Waals surface area contributed by atoms with Gasteiger partial charge in [0.15, 0.2) is 4.34 Å². The molecule has 6 heteroatoms. The monoisotopic (exact) mass is 302 g/mol. The summed E-state index contributed by atoms with van der Waals surface area (Å²) in [6.07, 6.45) is 1.17. The molecule has 0 spiro atoms. The lowest BCUT2D eigenvalue weighted by atomic mass is 9.88. The molecular formula is C13H26N4S2. The van der Waals surface area contributed by atoms with Gasteiger partial charge < -0.3 is 10.2 Å². The Hall–Kier alpha value is -0.330. The second kappa shape index (κ2) is 7.45. The van der Waals surface area contributed by atoms with Gasteiger partial charge in [0.05, 0.1) is 0 Å². The smallest absolute Gasteiger partial charge is 0.208 e. The van der Waals surface area contributed by atoms with Gasteiger partial charge in [-0.15, -0.1) is 10.2 Å². The van der Waals surface area contributed by atoms with Crippen molar-refractivity contribution in [2.45, 2.75) is 44.5 Å². The number of nitrogens with zero attached hydrogens (tertiary/aromatic N) is 3. The molecule has 0 radical (unpaired) electrons. The number of hydrogen-bond acceptors (Lipinski definition) is 6. The maximum absolute atomic E-state index is 4.23. The summed E-state index contributed by atoms with van der Waals surface area (Å²) in [5.41, 5.74) is 0.261. The van der Waals surface area contributed by atoms with Crippen molar-refractivity contribution in [3.8, 4) is 0 Å². The molecule has 1 aromatic rings. The molecule has 0 aliphatic heterocycles. The molecule has 0 aliphatic rings. The molecule has 0 bridgehead atoms. The van der Waals surface area contributed by atoms with Gasteiger partial charge in [0, 0.05) is 25.9 Å². The molecule has 0 aliphatic carbocycles. The molecule has 0 saturated heterocycles. The first-order valence-electron chi connectivity index (χ1n) is 6.71. The Kier molecular flexibility index (Phi) is 6.56. The van der Waals surface area contributed by atoms with E-state index < -0.39 is 0 Å². The fourth-order valence-corrected chi connectivity index (χ4v) is 3.72. The van der Waals surface area contributed by atoms with E-state index in [1.807, 2.05) is 19.0 Å². The average molecular weight is 303 g/mol. The number of thioether (sulfide) groups is 1. The molecule has 4 nitrogen and oxygen atoms in total. The van der Waals surface area contributed by atoms with Crippen molar-refractivity contribution in [3.05, 3.63) is 0 Å². The Morgan fingerprint density at radius 2 is 2.00 bits per heavy atom. The van der Waals surface area contributed by atoms with Crippen molar-refractivity contribution in [2.75, 3.05) is 31.3 Å². The van der Waals surface area contributed by atoms with Crippen molar-refractivity contribution < 1.29 is 0 Å². The molecule has 110 valence electrons. The Morgan fingerprint density at radius 1 is 1.32 bits per heavy atom. The van der Waals surface area contributed by atoms with Crippen LogP contribution >= 0.6 is 23.1 Å². The Labute approximate surface area is 125 Å². The Bertz CT molecular complexity index is 371. The van der Waals surface area contributed by atoms with Crippen LogP contribution < -0.4 is 10.2 Å². The van der Waals surface area contributed by atoms with E-state index in [9.17, 15) is 0 Å². The van der Waals surface area contributed by atoms with E-state index in [1.54, 1.807) is 23.1 Å². The quantitative estimate of drug-likeness (QED) is 0.784. The summed E-state index contributed by atoms with van der Waals surface area (Å²) in [6, 6.07) is 0.490. The zero-order valence-electron chi connectivity index (χ0n) is 12.9. The van der Waals surface area contributed by atoms with Gasteiger partial charge >= 0.3 is 0 Å². The predicted octanol–water partition coefficient (Wildman–Crippen LogP) is 3.11. The van der Waals surface area contributed by atoms with Crippen LogP contribution in [-0.2, 0) is 0 Å². The maximum atomic E-state index is 4.23. The minimum Gasteiger partial charge on any atom is -0.353 e. The fraction of sp³-hybridized carbons (Fsp3) is 0.846. The van der Waals surface area contributed by atoms with Crippen molar-refractivity contribution in [3.63, 3.8) is 0 Å². The summed E-state index contributed by atoms with van der Waals surface area (Å²) in [5, 5.41) is 13.0. The molecule has 0 aromatic carbocycles. The van der Waals surface area contributed by atoms with Gasteiger partial charge in [-0.25, -0.2) is 0 Å². The van der Waals surface area contributed by atoms with Crippen LogP contribution in [-0.4, -0.2) is 42.6 Å². The zero-order valence-corrected chi connectivity index (χ0v) is 14.5.